The Morgan fingerprint density at radius 2 is 2.13 bits per heavy atom. The lowest BCUT2D eigenvalue weighted by Gasteiger charge is -2.08. The molecule has 0 saturated carbocycles. The molecule has 0 aliphatic carbocycles. The minimum atomic E-state index is -0.211. The first kappa shape index (κ1) is 11.5. The summed E-state index contributed by atoms with van der Waals surface area (Å²) < 4.78 is 5.21. The molecule has 2 nitrogen and oxygen atoms in total. The predicted octanol–water partition coefficient (Wildman–Crippen LogP) is 3.34. The molecule has 0 heterocycles. The normalized spacial score (nSPS) is 9.80. The van der Waals surface area contributed by atoms with Gasteiger partial charge in [0.25, 0.3) is 0 Å². The summed E-state index contributed by atoms with van der Waals surface area (Å²) in [5.41, 5.74) is 2.92. The van der Waals surface area contributed by atoms with Gasteiger partial charge in [0.15, 0.2) is 0 Å². The van der Waals surface area contributed by atoms with E-state index in [1.54, 1.807) is 6.92 Å². The molecule has 15 heavy (non-hydrogen) atoms. The molecule has 0 aromatic heterocycles. The quantitative estimate of drug-likeness (QED) is 0.557. The smallest absolute Gasteiger partial charge is 0.310 e. The van der Waals surface area contributed by atoms with E-state index in [2.05, 4.69) is 6.58 Å². The number of rotatable bonds is 3. The van der Waals surface area contributed by atoms with Crippen molar-refractivity contribution in [2.45, 2.75) is 27.2 Å². The molecule has 0 saturated heterocycles. The number of ether oxygens (including phenoxy) is 1. The fourth-order valence-corrected chi connectivity index (χ4v) is 1.17. The lowest BCUT2D eigenvalue weighted by molar-refractivity contribution is -0.134. The highest BCUT2D eigenvalue weighted by molar-refractivity contribution is 5.73. The van der Waals surface area contributed by atoms with Gasteiger partial charge in [0.1, 0.15) is 5.75 Å². The van der Waals surface area contributed by atoms with Gasteiger partial charge in [-0.1, -0.05) is 31.2 Å². The topological polar surface area (TPSA) is 26.3 Å². The van der Waals surface area contributed by atoms with Crippen molar-refractivity contribution < 1.29 is 9.53 Å². The Labute approximate surface area is 90.6 Å². The number of carbonyl (C=O) groups is 1. The molecule has 0 aliphatic rings. The highest BCUT2D eigenvalue weighted by atomic mass is 16.5. The molecule has 0 atom stereocenters. The zero-order valence-corrected chi connectivity index (χ0v) is 9.46. The van der Waals surface area contributed by atoms with Gasteiger partial charge in [-0.05, 0) is 31.0 Å². The SMILES string of the molecule is C=C(C)c1ccc(C)c(OC(=O)CC)c1. The van der Waals surface area contributed by atoms with Crippen LogP contribution in [0.1, 0.15) is 31.4 Å². The van der Waals surface area contributed by atoms with Crippen molar-refractivity contribution in [2.24, 2.45) is 0 Å². The second kappa shape index (κ2) is 4.78. The summed E-state index contributed by atoms with van der Waals surface area (Å²) in [6, 6.07) is 5.76. The van der Waals surface area contributed by atoms with Gasteiger partial charge in [0.05, 0.1) is 0 Å². The van der Waals surface area contributed by atoms with Crippen LogP contribution in [0.3, 0.4) is 0 Å². The number of aryl methyl sites for hydroxylation is 1. The van der Waals surface area contributed by atoms with Crippen LogP contribution in [0.15, 0.2) is 24.8 Å². The van der Waals surface area contributed by atoms with Crippen LogP contribution >= 0.6 is 0 Å². The Bertz CT molecular complexity index is 392. The van der Waals surface area contributed by atoms with Gasteiger partial charge in [-0.3, -0.25) is 4.79 Å². The monoisotopic (exact) mass is 204 g/mol. The molecule has 2 heteroatoms. The summed E-state index contributed by atoms with van der Waals surface area (Å²) in [4.78, 5) is 11.2. The lowest BCUT2D eigenvalue weighted by Crippen LogP contribution is -2.06. The van der Waals surface area contributed by atoms with Crippen LogP contribution in [-0.2, 0) is 4.79 Å². The molecular formula is C13H16O2. The van der Waals surface area contributed by atoms with Crippen molar-refractivity contribution >= 4 is 11.5 Å². The third kappa shape index (κ3) is 2.94. The van der Waals surface area contributed by atoms with Crippen molar-refractivity contribution in [3.8, 4) is 5.75 Å². The maximum absolute atomic E-state index is 11.2. The van der Waals surface area contributed by atoms with Gasteiger partial charge in [-0.25, -0.2) is 0 Å². The van der Waals surface area contributed by atoms with Gasteiger partial charge in [0, 0.05) is 6.42 Å². The van der Waals surface area contributed by atoms with E-state index in [0.717, 1.165) is 16.7 Å². The number of esters is 1. The molecular weight excluding hydrogens is 188 g/mol. The lowest BCUT2D eigenvalue weighted by atomic mass is 10.1. The summed E-state index contributed by atoms with van der Waals surface area (Å²) in [6.07, 6.45) is 0.386. The Morgan fingerprint density at radius 3 is 2.67 bits per heavy atom. The van der Waals surface area contributed by atoms with Crippen molar-refractivity contribution in [2.75, 3.05) is 0 Å². The van der Waals surface area contributed by atoms with Crippen LogP contribution in [-0.4, -0.2) is 5.97 Å². The predicted molar refractivity (Wildman–Crippen MR) is 61.8 cm³/mol. The molecule has 0 N–H and O–H groups in total. The first-order valence-electron chi connectivity index (χ1n) is 5.01. The first-order valence-corrected chi connectivity index (χ1v) is 5.01. The maximum Gasteiger partial charge on any atom is 0.310 e. The van der Waals surface area contributed by atoms with E-state index in [1.807, 2.05) is 32.0 Å². The van der Waals surface area contributed by atoms with Crippen molar-refractivity contribution in [1.82, 2.24) is 0 Å². The van der Waals surface area contributed by atoms with Crippen LogP contribution in [0, 0.1) is 6.92 Å². The number of benzene rings is 1. The van der Waals surface area contributed by atoms with Gasteiger partial charge in [-0.2, -0.15) is 0 Å². The molecule has 0 bridgehead atoms. The number of hydrogen-bond donors (Lipinski definition) is 0. The number of hydrogen-bond acceptors (Lipinski definition) is 2. The minimum absolute atomic E-state index is 0.211. The van der Waals surface area contributed by atoms with E-state index in [-0.39, 0.29) is 5.97 Å². The van der Waals surface area contributed by atoms with Crippen LogP contribution in [0.5, 0.6) is 5.75 Å². The first-order chi connectivity index (χ1) is 7.04. The van der Waals surface area contributed by atoms with Crippen LogP contribution in [0.4, 0.5) is 0 Å². The Kier molecular flexibility index (Phi) is 3.67. The molecule has 0 amide bonds. The second-order valence-electron chi connectivity index (χ2n) is 3.59. The average molecular weight is 204 g/mol. The van der Waals surface area contributed by atoms with E-state index in [1.165, 1.54) is 0 Å². The summed E-state index contributed by atoms with van der Waals surface area (Å²) in [7, 11) is 0. The Hall–Kier alpha value is -1.57. The van der Waals surface area contributed by atoms with Crippen molar-refractivity contribution in [1.29, 1.82) is 0 Å². The molecule has 1 rings (SSSR count). The highest BCUT2D eigenvalue weighted by Crippen LogP contribution is 2.23. The maximum atomic E-state index is 11.2. The standard InChI is InChI=1S/C13H16O2/c1-5-13(14)15-12-8-11(9(2)3)7-6-10(12)4/h6-8H,2,5H2,1,3-4H3. The zero-order valence-electron chi connectivity index (χ0n) is 9.46. The molecule has 0 aliphatic heterocycles. The van der Waals surface area contributed by atoms with Crippen molar-refractivity contribution in [3.63, 3.8) is 0 Å². The highest BCUT2D eigenvalue weighted by Gasteiger charge is 2.06. The van der Waals surface area contributed by atoms with Crippen molar-refractivity contribution in [3.05, 3.63) is 35.9 Å². The molecule has 1 aromatic rings. The second-order valence-corrected chi connectivity index (χ2v) is 3.59. The minimum Gasteiger partial charge on any atom is -0.426 e. The zero-order chi connectivity index (χ0) is 11.4. The molecule has 0 unspecified atom stereocenters. The summed E-state index contributed by atoms with van der Waals surface area (Å²) >= 11 is 0. The summed E-state index contributed by atoms with van der Waals surface area (Å²) in [6.45, 7) is 9.48. The Morgan fingerprint density at radius 1 is 1.47 bits per heavy atom. The van der Waals surface area contributed by atoms with Crippen LogP contribution in [0.25, 0.3) is 5.57 Å². The summed E-state index contributed by atoms with van der Waals surface area (Å²) in [5, 5.41) is 0. The molecule has 0 spiro atoms. The average Bonchev–Trinajstić information content (AvgIpc) is 2.20. The van der Waals surface area contributed by atoms with Crippen LogP contribution in [0.2, 0.25) is 0 Å². The van der Waals surface area contributed by atoms with E-state index in [0.29, 0.717) is 12.2 Å². The number of allylic oxidation sites excluding steroid dienone is 1. The van der Waals surface area contributed by atoms with E-state index >= 15 is 0 Å². The fourth-order valence-electron chi connectivity index (χ4n) is 1.17. The van der Waals surface area contributed by atoms with E-state index in [9.17, 15) is 4.79 Å². The molecule has 0 fully saturated rings. The van der Waals surface area contributed by atoms with Crippen LogP contribution < -0.4 is 4.74 Å². The van der Waals surface area contributed by atoms with Gasteiger partial charge in [0.2, 0.25) is 0 Å². The fraction of sp³-hybridized carbons (Fsp3) is 0.308. The van der Waals surface area contributed by atoms with E-state index < -0.39 is 0 Å². The molecule has 80 valence electrons. The number of carbonyl (C=O) groups excluding carboxylic acids is 1. The largest absolute Gasteiger partial charge is 0.426 e. The van der Waals surface area contributed by atoms with E-state index in [4.69, 9.17) is 4.74 Å². The Balaban J connectivity index is 3.00. The van der Waals surface area contributed by atoms with Gasteiger partial charge in [-0.15, -0.1) is 0 Å². The van der Waals surface area contributed by atoms with Gasteiger partial charge < -0.3 is 4.74 Å². The summed E-state index contributed by atoms with van der Waals surface area (Å²) in [5.74, 6) is 0.416. The molecule has 0 radical (unpaired) electrons. The van der Waals surface area contributed by atoms with Gasteiger partial charge >= 0.3 is 5.97 Å². The third-order valence-electron chi connectivity index (χ3n) is 2.19. The molecule has 1 aromatic carbocycles. The third-order valence-corrected chi connectivity index (χ3v) is 2.19.